The minimum Gasteiger partial charge on any atom is -0.396 e. The molecule has 2 unspecified atom stereocenters. The zero-order chi connectivity index (χ0) is 29.8. The Kier molecular flexibility index (Phi) is 9.75. The van der Waals surface area contributed by atoms with Crippen LogP contribution in [0.15, 0.2) is 55.6 Å². The highest BCUT2D eigenvalue weighted by molar-refractivity contribution is 6.03. The van der Waals surface area contributed by atoms with Crippen molar-refractivity contribution in [2.75, 3.05) is 31.1 Å². The molecule has 3 fully saturated rings. The van der Waals surface area contributed by atoms with Crippen LogP contribution in [0.3, 0.4) is 0 Å². The lowest BCUT2D eigenvalue weighted by atomic mass is 9.64. The van der Waals surface area contributed by atoms with Crippen molar-refractivity contribution in [1.82, 2.24) is 9.80 Å². The van der Waals surface area contributed by atoms with E-state index in [-0.39, 0.29) is 30.4 Å². The number of hydrogen-bond donors (Lipinski definition) is 1. The first kappa shape index (κ1) is 31.0. The van der Waals surface area contributed by atoms with Gasteiger partial charge in [0.1, 0.15) is 11.6 Å². The Bertz CT molecular complexity index is 1120. The molecule has 0 saturated carbocycles. The van der Waals surface area contributed by atoms with Crippen LogP contribution in [-0.2, 0) is 19.1 Å². The average molecular weight is 566 g/mol. The second kappa shape index (κ2) is 12.9. The van der Waals surface area contributed by atoms with E-state index in [4.69, 9.17) is 4.74 Å². The number of nitrogens with zero attached hydrogens (tertiary/aromatic N) is 3. The molecule has 5 atom stereocenters. The van der Waals surface area contributed by atoms with E-state index in [0.717, 1.165) is 18.5 Å². The van der Waals surface area contributed by atoms with Crippen LogP contribution in [0.25, 0.3) is 0 Å². The number of ether oxygens (including phenoxy) is 1. The number of fused-ring (bicyclic) bond motifs is 1. The van der Waals surface area contributed by atoms with Gasteiger partial charge >= 0.3 is 0 Å². The van der Waals surface area contributed by atoms with Gasteiger partial charge in [0.05, 0.1) is 17.4 Å². The number of carbonyl (C=O) groups excluding carboxylic acids is 3. The lowest BCUT2D eigenvalue weighted by Gasteiger charge is -2.38. The number of rotatable bonds is 15. The summed E-state index contributed by atoms with van der Waals surface area (Å²) < 4.78 is 6.96. The highest BCUT2D eigenvalue weighted by Crippen LogP contribution is 2.64. The van der Waals surface area contributed by atoms with Gasteiger partial charge < -0.3 is 24.5 Å². The first-order valence-electron chi connectivity index (χ1n) is 15.2. The molecule has 0 aromatic heterocycles. The number of aliphatic hydroxyl groups is 1. The molecule has 8 nitrogen and oxygen atoms in total. The number of para-hydroxylation sites is 1. The summed E-state index contributed by atoms with van der Waals surface area (Å²) in [7, 11) is 0. The third kappa shape index (κ3) is 5.37. The van der Waals surface area contributed by atoms with E-state index in [1.807, 2.05) is 51.1 Å². The van der Waals surface area contributed by atoms with Gasteiger partial charge in [0.15, 0.2) is 0 Å². The number of hydrogen-bond acceptors (Lipinski definition) is 5. The fraction of sp³-hybridized carbons (Fsp3) is 0.606. The Morgan fingerprint density at radius 2 is 1.76 bits per heavy atom. The van der Waals surface area contributed by atoms with E-state index < -0.39 is 29.1 Å². The van der Waals surface area contributed by atoms with Crippen LogP contribution in [0.4, 0.5) is 5.69 Å². The van der Waals surface area contributed by atoms with E-state index in [2.05, 4.69) is 13.2 Å². The summed E-state index contributed by atoms with van der Waals surface area (Å²) in [6, 6.07) is 8.58. The summed E-state index contributed by atoms with van der Waals surface area (Å²) in [5.74, 6) is -1.88. The molecule has 3 aliphatic rings. The number of unbranched alkanes of at least 4 members (excludes halogenated alkanes) is 3. The van der Waals surface area contributed by atoms with Crippen LogP contribution in [0, 0.1) is 11.8 Å². The molecule has 1 aromatic rings. The highest BCUT2D eigenvalue weighted by Gasteiger charge is 2.79. The molecule has 2 bridgehead atoms. The monoisotopic (exact) mass is 565 g/mol. The summed E-state index contributed by atoms with van der Waals surface area (Å²) >= 11 is 0. The van der Waals surface area contributed by atoms with Gasteiger partial charge in [-0.3, -0.25) is 14.4 Å². The van der Waals surface area contributed by atoms with E-state index in [9.17, 15) is 19.5 Å². The minimum absolute atomic E-state index is 0.0882. The molecule has 8 heteroatoms. The number of anilines is 1. The molecule has 3 saturated heterocycles. The fourth-order valence-corrected chi connectivity index (χ4v) is 7.44. The summed E-state index contributed by atoms with van der Waals surface area (Å²) in [5.41, 5.74) is -1.12. The Morgan fingerprint density at radius 3 is 2.37 bits per heavy atom. The largest absolute Gasteiger partial charge is 0.396 e. The van der Waals surface area contributed by atoms with Crippen molar-refractivity contribution in [3.05, 3.63) is 55.6 Å². The first-order valence-corrected chi connectivity index (χ1v) is 15.2. The third-order valence-corrected chi connectivity index (χ3v) is 9.37. The quantitative estimate of drug-likeness (QED) is 0.253. The SMILES string of the molecule is C=CCN(C(=O)[C@H]1[C@H]2C(=O)N(CCCCCCO)C(C(=O)N(CC=C)C(C)C)C23CC[C@]1(CC)O3)c1ccccc1. The van der Waals surface area contributed by atoms with Crippen molar-refractivity contribution in [3.8, 4) is 0 Å². The van der Waals surface area contributed by atoms with Crippen LogP contribution >= 0.6 is 0 Å². The molecule has 224 valence electrons. The normalized spacial score (nSPS) is 28.2. The molecular formula is C33H47N3O5. The summed E-state index contributed by atoms with van der Waals surface area (Å²) in [6.45, 7) is 14.9. The molecule has 3 amide bonds. The van der Waals surface area contributed by atoms with Crippen molar-refractivity contribution < 1.29 is 24.2 Å². The Balaban J connectivity index is 1.77. The van der Waals surface area contributed by atoms with Gasteiger partial charge in [-0.2, -0.15) is 0 Å². The topological polar surface area (TPSA) is 90.4 Å². The second-order valence-corrected chi connectivity index (χ2v) is 11.9. The third-order valence-electron chi connectivity index (χ3n) is 9.37. The van der Waals surface area contributed by atoms with Crippen LogP contribution in [0.1, 0.15) is 65.7 Å². The van der Waals surface area contributed by atoms with Crippen LogP contribution in [-0.4, -0.2) is 82.2 Å². The summed E-state index contributed by atoms with van der Waals surface area (Å²) in [6.07, 6.45) is 8.29. The van der Waals surface area contributed by atoms with Gasteiger partial charge in [0.25, 0.3) is 0 Å². The van der Waals surface area contributed by atoms with Crippen LogP contribution in [0.2, 0.25) is 0 Å². The standard InChI is InChI=1S/C33H47N3O5/c1-6-20-34(24(4)5)31(40)28-33-19-18-32(8-3,41-33)26(27(33)30(39)36(28)22-14-9-10-15-23-37)29(38)35(21-7-2)25-16-12-11-13-17-25/h6-7,11-13,16-17,24,26-28,37H,1-2,8-10,14-15,18-23H2,3-5H3/t26-,27+,28?,32+,33?/m1/s1. The van der Waals surface area contributed by atoms with Crippen molar-refractivity contribution in [2.45, 2.75) is 89.0 Å². The fourth-order valence-electron chi connectivity index (χ4n) is 7.44. The van der Waals surface area contributed by atoms with E-state index in [1.165, 1.54) is 0 Å². The molecule has 0 radical (unpaired) electrons. The maximum atomic E-state index is 14.5. The molecule has 1 aromatic carbocycles. The average Bonchev–Trinajstić information content (AvgIpc) is 3.57. The lowest BCUT2D eigenvalue weighted by Crippen LogP contribution is -2.57. The van der Waals surface area contributed by atoms with Crippen molar-refractivity contribution >= 4 is 23.4 Å². The molecule has 3 aliphatic heterocycles. The predicted molar refractivity (Wildman–Crippen MR) is 160 cm³/mol. The van der Waals surface area contributed by atoms with Gasteiger partial charge in [0, 0.05) is 38.0 Å². The molecule has 0 aliphatic carbocycles. The van der Waals surface area contributed by atoms with Crippen LogP contribution < -0.4 is 4.90 Å². The maximum Gasteiger partial charge on any atom is 0.248 e. The summed E-state index contributed by atoms with van der Waals surface area (Å²) in [5, 5.41) is 9.19. The molecule has 1 spiro atoms. The van der Waals surface area contributed by atoms with Gasteiger partial charge in [-0.15, -0.1) is 13.2 Å². The number of likely N-dealkylation sites (tertiary alicyclic amines) is 1. The Hall–Kier alpha value is -2.97. The van der Waals surface area contributed by atoms with E-state index in [1.54, 1.807) is 26.9 Å². The van der Waals surface area contributed by atoms with Gasteiger partial charge in [-0.25, -0.2) is 0 Å². The summed E-state index contributed by atoms with van der Waals surface area (Å²) in [4.78, 5) is 48.6. The van der Waals surface area contributed by atoms with E-state index >= 15 is 0 Å². The lowest BCUT2D eigenvalue weighted by molar-refractivity contribution is -0.153. The Labute approximate surface area is 245 Å². The first-order chi connectivity index (χ1) is 19.7. The number of carbonyl (C=O) groups is 3. The van der Waals surface area contributed by atoms with Crippen molar-refractivity contribution in [3.63, 3.8) is 0 Å². The zero-order valence-corrected chi connectivity index (χ0v) is 25.0. The number of benzene rings is 1. The molecule has 4 rings (SSSR count). The molecule has 1 N–H and O–H groups in total. The number of amides is 3. The molecule has 41 heavy (non-hydrogen) atoms. The number of aliphatic hydroxyl groups excluding tert-OH is 1. The van der Waals surface area contributed by atoms with Gasteiger partial charge in [-0.05, 0) is 58.1 Å². The smallest absolute Gasteiger partial charge is 0.248 e. The van der Waals surface area contributed by atoms with E-state index in [0.29, 0.717) is 51.7 Å². The Morgan fingerprint density at radius 1 is 1.07 bits per heavy atom. The molecular weight excluding hydrogens is 518 g/mol. The van der Waals surface area contributed by atoms with Crippen molar-refractivity contribution in [2.24, 2.45) is 11.8 Å². The maximum absolute atomic E-state index is 14.5. The zero-order valence-electron chi connectivity index (χ0n) is 25.0. The molecule has 3 heterocycles. The van der Waals surface area contributed by atoms with Crippen LogP contribution in [0.5, 0.6) is 0 Å². The van der Waals surface area contributed by atoms with Gasteiger partial charge in [0.2, 0.25) is 17.7 Å². The minimum atomic E-state index is -1.06. The highest BCUT2D eigenvalue weighted by atomic mass is 16.5. The second-order valence-electron chi connectivity index (χ2n) is 11.9. The van der Waals surface area contributed by atoms with Crippen molar-refractivity contribution in [1.29, 1.82) is 0 Å². The predicted octanol–water partition coefficient (Wildman–Crippen LogP) is 4.34. The van der Waals surface area contributed by atoms with Gasteiger partial charge in [-0.1, -0.05) is 50.1 Å².